The van der Waals surface area contributed by atoms with E-state index in [1.807, 2.05) is 23.1 Å². The molecule has 1 aliphatic rings. The molecule has 0 spiro atoms. The van der Waals surface area contributed by atoms with Gasteiger partial charge in [0.05, 0.1) is 11.6 Å². The highest BCUT2D eigenvalue weighted by atomic mass is 16.2. The van der Waals surface area contributed by atoms with Gasteiger partial charge >= 0.3 is 0 Å². The molecule has 1 aliphatic heterocycles. The molecule has 17 heavy (non-hydrogen) atoms. The van der Waals surface area contributed by atoms with Gasteiger partial charge in [0.1, 0.15) is 0 Å². The Morgan fingerprint density at radius 2 is 2.00 bits per heavy atom. The van der Waals surface area contributed by atoms with E-state index in [1.165, 1.54) is 5.56 Å². The zero-order valence-corrected chi connectivity index (χ0v) is 10.5. The average Bonchev–Trinajstić information content (AvgIpc) is 2.76. The predicted molar refractivity (Wildman–Crippen MR) is 68.4 cm³/mol. The number of hydrogen-bond acceptors (Lipinski definition) is 2. The van der Waals surface area contributed by atoms with Crippen LogP contribution in [-0.2, 0) is 4.79 Å². The average molecular weight is 232 g/mol. The number of hydrogen-bond donors (Lipinski definition) is 1. The van der Waals surface area contributed by atoms with Crippen LogP contribution in [0.25, 0.3) is 0 Å². The zero-order valence-electron chi connectivity index (χ0n) is 10.5. The molecule has 1 atom stereocenters. The van der Waals surface area contributed by atoms with Crippen molar-refractivity contribution < 1.29 is 4.79 Å². The fourth-order valence-corrected chi connectivity index (χ4v) is 2.40. The van der Waals surface area contributed by atoms with Crippen LogP contribution in [0.2, 0.25) is 0 Å². The van der Waals surface area contributed by atoms with Gasteiger partial charge in [0.15, 0.2) is 0 Å². The molecule has 0 aromatic heterocycles. The fraction of sp³-hybridized carbons (Fsp3) is 0.500. The lowest BCUT2D eigenvalue weighted by atomic mass is 10.0. The molecule has 1 fully saturated rings. The SMILES string of the molecule is CC(C)(N)C(=O)N1CCCC1c1ccccc1. The molecule has 0 bridgehead atoms. The topological polar surface area (TPSA) is 46.3 Å². The first-order valence-corrected chi connectivity index (χ1v) is 6.15. The number of carbonyl (C=O) groups excluding carboxylic acids is 1. The van der Waals surface area contributed by atoms with Gasteiger partial charge < -0.3 is 10.6 Å². The number of likely N-dealkylation sites (tertiary alicyclic amines) is 1. The second-order valence-electron chi connectivity index (χ2n) is 5.29. The molecule has 3 heteroatoms. The molecule has 2 N–H and O–H groups in total. The van der Waals surface area contributed by atoms with Gasteiger partial charge in [0.25, 0.3) is 0 Å². The van der Waals surface area contributed by atoms with Crippen molar-refractivity contribution in [3.63, 3.8) is 0 Å². The normalized spacial score (nSPS) is 20.6. The number of nitrogens with two attached hydrogens (primary N) is 1. The smallest absolute Gasteiger partial charge is 0.242 e. The minimum absolute atomic E-state index is 0.0452. The first-order valence-electron chi connectivity index (χ1n) is 6.15. The molecule has 1 unspecified atom stereocenters. The summed E-state index contributed by atoms with van der Waals surface area (Å²) >= 11 is 0. The van der Waals surface area contributed by atoms with E-state index >= 15 is 0 Å². The van der Waals surface area contributed by atoms with Crippen molar-refractivity contribution in [2.45, 2.75) is 38.3 Å². The van der Waals surface area contributed by atoms with Crippen LogP contribution in [0.15, 0.2) is 30.3 Å². The van der Waals surface area contributed by atoms with Crippen LogP contribution in [0.4, 0.5) is 0 Å². The van der Waals surface area contributed by atoms with Crippen LogP contribution < -0.4 is 5.73 Å². The standard InChI is InChI=1S/C14H20N2O/c1-14(2,15)13(17)16-10-6-9-12(16)11-7-4-3-5-8-11/h3-5,7-8,12H,6,9-10,15H2,1-2H3. The lowest BCUT2D eigenvalue weighted by Crippen LogP contribution is -2.50. The van der Waals surface area contributed by atoms with E-state index in [9.17, 15) is 4.79 Å². The Morgan fingerprint density at radius 1 is 1.35 bits per heavy atom. The van der Waals surface area contributed by atoms with Crippen molar-refractivity contribution in [2.24, 2.45) is 5.73 Å². The first kappa shape index (κ1) is 12.1. The molecule has 0 radical (unpaired) electrons. The maximum Gasteiger partial charge on any atom is 0.242 e. The monoisotopic (exact) mass is 232 g/mol. The molecule has 92 valence electrons. The van der Waals surface area contributed by atoms with Gasteiger partial charge in [-0.25, -0.2) is 0 Å². The number of nitrogens with zero attached hydrogens (tertiary/aromatic N) is 1. The summed E-state index contributed by atoms with van der Waals surface area (Å²) in [6, 6.07) is 10.4. The zero-order chi connectivity index (χ0) is 12.5. The van der Waals surface area contributed by atoms with Crippen LogP contribution in [-0.4, -0.2) is 22.9 Å². The summed E-state index contributed by atoms with van der Waals surface area (Å²) in [5.74, 6) is 0.0452. The van der Waals surface area contributed by atoms with Crippen molar-refractivity contribution in [2.75, 3.05) is 6.54 Å². The van der Waals surface area contributed by atoms with Crippen LogP contribution in [0, 0.1) is 0 Å². The van der Waals surface area contributed by atoms with Crippen molar-refractivity contribution in [3.05, 3.63) is 35.9 Å². The van der Waals surface area contributed by atoms with E-state index in [2.05, 4.69) is 12.1 Å². The Kier molecular flexibility index (Phi) is 3.20. The first-order chi connectivity index (χ1) is 8.00. The van der Waals surface area contributed by atoms with Crippen molar-refractivity contribution >= 4 is 5.91 Å². The van der Waals surface area contributed by atoms with Crippen LogP contribution in [0.1, 0.15) is 38.3 Å². The quantitative estimate of drug-likeness (QED) is 0.848. The van der Waals surface area contributed by atoms with Crippen LogP contribution in [0.5, 0.6) is 0 Å². The van der Waals surface area contributed by atoms with Crippen molar-refractivity contribution in [3.8, 4) is 0 Å². The fourth-order valence-electron chi connectivity index (χ4n) is 2.40. The maximum atomic E-state index is 12.3. The molecule has 0 saturated carbocycles. The Morgan fingerprint density at radius 3 is 2.59 bits per heavy atom. The van der Waals surface area contributed by atoms with E-state index in [0.29, 0.717) is 0 Å². The highest BCUT2D eigenvalue weighted by Crippen LogP contribution is 2.32. The molecule has 2 rings (SSSR count). The summed E-state index contributed by atoms with van der Waals surface area (Å²) in [4.78, 5) is 14.2. The third kappa shape index (κ3) is 2.50. The van der Waals surface area contributed by atoms with E-state index in [-0.39, 0.29) is 11.9 Å². The molecule has 1 aromatic carbocycles. The van der Waals surface area contributed by atoms with E-state index in [1.54, 1.807) is 13.8 Å². The Hall–Kier alpha value is -1.35. The van der Waals surface area contributed by atoms with Gasteiger partial charge in [-0.05, 0) is 32.3 Å². The second kappa shape index (κ2) is 4.49. The molecule has 1 heterocycles. The lowest BCUT2D eigenvalue weighted by Gasteiger charge is -2.31. The number of amides is 1. The summed E-state index contributed by atoms with van der Waals surface area (Å²) in [5.41, 5.74) is 6.34. The van der Waals surface area contributed by atoms with E-state index in [0.717, 1.165) is 19.4 Å². The summed E-state index contributed by atoms with van der Waals surface area (Å²) in [6.45, 7) is 4.37. The maximum absolute atomic E-state index is 12.3. The largest absolute Gasteiger partial charge is 0.334 e. The molecule has 1 aromatic rings. The number of rotatable bonds is 2. The van der Waals surface area contributed by atoms with Gasteiger partial charge in [0, 0.05) is 6.54 Å². The van der Waals surface area contributed by atoms with Gasteiger partial charge in [-0.1, -0.05) is 30.3 Å². The molecule has 1 amide bonds. The molecule has 1 saturated heterocycles. The highest BCUT2D eigenvalue weighted by Gasteiger charge is 2.35. The molecular weight excluding hydrogens is 212 g/mol. The van der Waals surface area contributed by atoms with E-state index in [4.69, 9.17) is 5.73 Å². The lowest BCUT2D eigenvalue weighted by molar-refractivity contribution is -0.136. The highest BCUT2D eigenvalue weighted by molar-refractivity contribution is 5.85. The minimum atomic E-state index is -0.780. The van der Waals surface area contributed by atoms with Crippen LogP contribution >= 0.6 is 0 Å². The van der Waals surface area contributed by atoms with Gasteiger partial charge in [0.2, 0.25) is 5.91 Å². The van der Waals surface area contributed by atoms with Crippen molar-refractivity contribution in [1.29, 1.82) is 0 Å². The third-order valence-corrected chi connectivity index (χ3v) is 3.25. The Bertz CT molecular complexity index is 394. The summed E-state index contributed by atoms with van der Waals surface area (Å²) in [5, 5.41) is 0. The number of carbonyl (C=O) groups is 1. The van der Waals surface area contributed by atoms with Gasteiger partial charge in [-0.3, -0.25) is 4.79 Å². The predicted octanol–water partition coefficient (Wildman–Crippen LogP) is 2.09. The molecule has 0 aliphatic carbocycles. The second-order valence-corrected chi connectivity index (χ2v) is 5.29. The van der Waals surface area contributed by atoms with Gasteiger partial charge in [-0.2, -0.15) is 0 Å². The van der Waals surface area contributed by atoms with Crippen LogP contribution in [0.3, 0.4) is 0 Å². The third-order valence-electron chi connectivity index (χ3n) is 3.25. The minimum Gasteiger partial charge on any atom is -0.334 e. The number of benzene rings is 1. The van der Waals surface area contributed by atoms with Crippen molar-refractivity contribution in [1.82, 2.24) is 4.90 Å². The Labute approximate surface area is 103 Å². The summed E-state index contributed by atoms with van der Waals surface area (Å²) < 4.78 is 0. The van der Waals surface area contributed by atoms with Gasteiger partial charge in [-0.15, -0.1) is 0 Å². The molecule has 3 nitrogen and oxygen atoms in total. The summed E-state index contributed by atoms with van der Waals surface area (Å²) in [6.07, 6.45) is 2.09. The summed E-state index contributed by atoms with van der Waals surface area (Å²) in [7, 11) is 0. The Balaban J connectivity index is 2.22. The molecular formula is C14H20N2O. The van der Waals surface area contributed by atoms with E-state index < -0.39 is 5.54 Å².